The van der Waals surface area contributed by atoms with E-state index in [9.17, 15) is 4.79 Å². The van der Waals surface area contributed by atoms with E-state index in [2.05, 4.69) is 5.32 Å². The minimum Gasteiger partial charge on any atom is -0.495 e. The van der Waals surface area contributed by atoms with Crippen LogP contribution in [0.15, 0.2) is 42.5 Å². The molecule has 104 valence electrons. The Hall–Kier alpha value is -2.33. The topological polar surface area (TPSA) is 64.3 Å². The highest BCUT2D eigenvalue weighted by Gasteiger charge is 2.09. The first-order valence-electron chi connectivity index (χ1n) is 6.39. The highest BCUT2D eigenvalue weighted by molar-refractivity contribution is 6.05. The van der Waals surface area contributed by atoms with Gasteiger partial charge < -0.3 is 15.8 Å². The maximum absolute atomic E-state index is 12.2. The molecule has 1 amide bonds. The molecule has 2 aromatic carbocycles. The van der Waals surface area contributed by atoms with E-state index in [-0.39, 0.29) is 5.91 Å². The standard InChI is InChI=1S/C16H18N2O2/c1-11-3-8-15(20-2)14(9-11)18-16(19)13-6-4-12(10-17)5-7-13/h3-9H,10,17H2,1-2H3,(H,18,19). The minimum atomic E-state index is -0.169. The molecule has 4 nitrogen and oxygen atoms in total. The highest BCUT2D eigenvalue weighted by atomic mass is 16.5. The number of ether oxygens (including phenoxy) is 1. The van der Waals surface area contributed by atoms with Crippen LogP contribution in [0.2, 0.25) is 0 Å². The number of amides is 1. The predicted octanol–water partition coefficient (Wildman–Crippen LogP) is 2.71. The zero-order valence-corrected chi connectivity index (χ0v) is 11.6. The van der Waals surface area contributed by atoms with Crippen molar-refractivity contribution in [2.24, 2.45) is 5.73 Å². The zero-order chi connectivity index (χ0) is 14.5. The fourth-order valence-electron chi connectivity index (χ4n) is 1.91. The van der Waals surface area contributed by atoms with Gasteiger partial charge in [0.1, 0.15) is 5.75 Å². The van der Waals surface area contributed by atoms with Crippen LogP contribution in [-0.2, 0) is 6.54 Å². The molecule has 0 aliphatic rings. The van der Waals surface area contributed by atoms with Gasteiger partial charge in [-0.05, 0) is 42.3 Å². The summed E-state index contributed by atoms with van der Waals surface area (Å²) in [5.41, 5.74) is 8.84. The number of anilines is 1. The Bertz CT molecular complexity index is 606. The van der Waals surface area contributed by atoms with Crippen molar-refractivity contribution in [3.8, 4) is 5.75 Å². The lowest BCUT2D eigenvalue weighted by atomic mass is 10.1. The molecule has 2 aromatic rings. The van der Waals surface area contributed by atoms with E-state index < -0.39 is 0 Å². The average molecular weight is 270 g/mol. The number of rotatable bonds is 4. The number of carbonyl (C=O) groups excluding carboxylic acids is 1. The Morgan fingerprint density at radius 1 is 1.20 bits per heavy atom. The SMILES string of the molecule is COc1ccc(C)cc1NC(=O)c1ccc(CN)cc1. The van der Waals surface area contributed by atoms with Gasteiger partial charge in [-0.25, -0.2) is 0 Å². The smallest absolute Gasteiger partial charge is 0.255 e. The maximum atomic E-state index is 12.2. The van der Waals surface area contributed by atoms with Gasteiger partial charge in [0, 0.05) is 12.1 Å². The van der Waals surface area contributed by atoms with Crippen molar-refractivity contribution in [2.75, 3.05) is 12.4 Å². The Morgan fingerprint density at radius 2 is 1.90 bits per heavy atom. The van der Waals surface area contributed by atoms with Crippen LogP contribution in [0, 0.1) is 6.92 Å². The van der Waals surface area contributed by atoms with Crippen molar-refractivity contribution in [1.29, 1.82) is 0 Å². The van der Waals surface area contributed by atoms with Crippen molar-refractivity contribution in [1.82, 2.24) is 0 Å². The van der Waals surface area contributed by atoms with Crippen LogP contribution in [0.3, 0.4) is 0 Å². The molecule has 0 unspecified atom stereocenters. The summed E-state index contributed by atoms with van der Waals surface area (Å²) in [7, 11) is 1.58. The molecule has 0 spiro atoms. The normalized spacial score (nSPS) is 10.2. The van der Waals surface area contributed by atoms with Crippen molar-refractivity contribution >= 4 is 11.6 Å². The lowest BCUT2D eigenvalue weighted by Gasteiger charge is -2.11. The van der Waals surface area contributed by atoms with E-state index in [0.29, 0.717) is 23.5 Å². The summed E-state index contributed by atoms with van der Waals surface area (Å²) in [6.07, 6.45) is 0. The predicted molar refractivity (Wildman–Crippen MR) is 80.0 cm³/mol. The molecule has 0 aliphatic heterocycles. The summed E-state index contributed by atoms with van der Waals surface area (Å²) in [5.74, 6) is 0.472. The van der Waals surface area contributed by atoms with Gasteiger partial charge in [-0.2, -0.15) is 0 Å². The molecule has 0 radical (unpaired) electrons. The summed E-state index contributed by atoms with van der Waals surface area (Å²) in [4.78, 5) is 12.2. The number of carbonyl (C=O) groups is 1. The van der Waals surface area contributed by atoms with E-state index in [4.69, 9.17) is 10.5 Å². The van der Waals surface area contributed by atoms with Gasteiger partial charge in [-0.3, -0.25) is 4.79 Å². The summed E-state index contributed by atoms with van der Waals surface area (Å²) >= 11 is 0. The monoisotopic (exact) mass is 270 g/mol. The second-order valence-electron chi connectivity index (χ2n) is 4.56. The molecule has 0 fully saturated rings. The van der Waals surface area contributed by atoms with E-state index in [0.717, 1.165) is 11.1 Å². The Morgan fingerprint density at radius 3 is 2.50 bits per heavy atom. The molecule has 0 heterocycles. The van der Waals surface area contributed by atoms with E-state index >= 15 is 0 Å². The summed E-state index contributed by atoms with van der Waals surface area (Å²) in [6, 6.07) is 12.9. The Labute approximate surface area is 118 Å². The van der Waals surface area contributed by atoms with Crippen molar-refractivity contribution < 1.29 is 9.53 Å². The van der Waals surface area contributed by atoms with E-state index in [1.807, 2.05) is 37.3 Å². The lowest BCUT2D eigenvalue weighted by Crippen LogP contribution is -2.13. The first-order chi connectivity index (χ1) is 9.63. The summed E-state index contributed by atoms with van der Waals surface area (Å²) in [6.45, 7) is 2.43. The van der Waals surface area contributed by atoms with Crippen molar-refractivity contribution in [3.05, 3.63) is 59.2 Å². The third-order valence-electron chi connectivity index (χ3n) is 3.06. The van der Waals surface area contributed by atoms with Gasteiger partial charge in [-0.15, -0.1) is 0 Å². The van der Waals surface area contributed by atoms with E-state index in [1.54, 1.807) is 19.2 Å². The molecule has 0 aliphatic carbocycles. The first-order valence-corrected chi connectivity index (χ1v) is 6.39. The van der Waals surface area contributed by atoms with Gasteiger partial charge in [-0.1, -0.05) is 18.2 Å². The van der Waals surface area contributed by atoms with Crippen molar-refractivity contribution in [2.45, 2.75) is 13.5 Å². The quantitative estimate of drug-likeness (QED) is 0.897. The fraction of sp³-hybridized carbons (Fsp3) is 0.188. The van der Waals surface area contributed by atoms with Crippen LogP contribution < -0.4 is 15.8 Å². The van der Waals surface area contributed by atoms with E-state index in [1.165, 1.54) is 0 Å². The number of hydrogen-bond donors (Lipinski definition) is 2. The molecule has 3 N–H and O–H groups in total. The molecule has 0 aromatic heterocycles. The second kappa shape index (κ2) is 6.21. The van der Waals surface area contributed by atoms with Crippen LogP contribution in [0.1, 0.15) is 21.5 Å². The average Bonchev–Trinajstić information content (AvgIpc) is 2.47. The van der Waals surface area contributed by atoms with Gasteiger partial charge >= 0.3 is 0 Å². The molecular formula is C16H18N2O2. The first kappa shape index (κ1) is 14.1. The zero-order valence-electron chi connectivity index (χ0n) is 11.6. The lowest BCUT2D eigenvalue weighted by molar-refractivity contribution is 0.102. The third-order valence-corrected chi connectivity index (χ3v) is 3.06. The van der Waals surface area contributed by atoms with Crippen LogP contribution in [-0.4, -0.2) is 13.0 Å². The van der Waals surface area contributed by atoms with Gasteiger partial charge in [0.05, 0.1) is 12.8 Å². The van der Waals surface area contributed by atoms with Gasteiger partial charge in [0.15, 0.2) is 0 Å². The molecule has 0 saturated carbocycles. The molecule has 20 heavy (non-hydrogen) atoms. The maximum Gasteiger partial charge on any atom is 0.255 e. The van der Waals surface area contributed by atoms with Crippen LogP contribution in [0.4, 0.5) is 5.69 Å². The molecule has 0 atom stereocenters. The molecule has 0 bridgehead atoms. The Balaban J connectivity index is 2.20. The number of benzene rings is 2. The number of aryl methyl sites for hydroxylation is 1. The van der Waals surface area contributed by atoms with Crippen LogP contribution in [0.25, 0.3) is 0 Å². The largest absolute Gasteiger partial charge is 0.495 e. The van der Waals surface area contributed by atoms with Crippen molar-refractivity contribution in [3.63, 3.8) is 0 Å². The number of methoxy groups -OCH3 is 1. The number of nitrogens with one attached hydrogen (secondary N) is 1. The minimum absolute atomic E-state index is 0.169. The summed E-state index contributed by atoms with van der Waals surface area (Å²) in [5, 5.41) is 2.86. The third kappa shape index (κ3) is 3.16. The number of hydrogen-bond acceptors (Lipinski definition) is 3. The van der Waals surface area contributed by atoms with Gasteiger partial charge in [0.2, 0.25) is 0 Å². The highest BCUT2D eigenvalue weighted by Crippen LogP contribution is 2.25. The summed E-state index contributed by atoms with van der Waals surface area (Å²) < 4.78 is 5.24. The Kier molecular flexibility index (Phi) is 4.38. The van der Waals surface area contributed by atoms with Gasteiger partial charge in [0.25, 0.3) is 5.91 Å². The number of nitrogens with two attached hydrogens (primary N) is 1. The molecule has 0 saturated heterocycles. The fourth-order valence-corrected chi connectivity index (χ4v) is 1.91. The van der Waals surface area contributed by atoms with Crippen LogP contribution in [0.5, 0.6) is 5.75 Å². The molecule has 2 rings (SSSR count). The molecule has 4 heteroatoms. The molecular weight excluding hydrogens is 252 g/mol. The van der Waals surface area contributed by atoms with Crippen LogP contribution >= 0.6 is 0 Å². The second-order valence-corrected chi connectivity index (χ2v) is 4.56.